The minimum Gasteiger partial charge on any atom is -0.493 e. The molecule has 0 aromatic heterocycles. The van der Waals surface area contributed by atoms with E-state index < -0.39 is 17.9 Å². The van der Waals surface area contributed by atoms with Gasteiger partial charge in [0.1, 0.15) is 0 Å². The lowest BCUT2D eigenvalue weighted by atomic mass is 9.87. The van der Waals surface area contributed by atoms with Crippen molar-refractivity contribution in [1.29, 1.82) is 0 Å². The third-order valence-corrected chi connectivity index (χ3v) is 4.05. The molecule has 144 valence electrons. The van der Waals surface area contributed by atoms with E-state index in [0.717, 1.165) is 5.56 Å². The minimum absolute atomic E-state index is 0.00842. The predicted molar refractivity (Wildman–Crippen MR) is 104 cm³/mol. The smallest absolute Gasteiger partial charge is 0.279 e. The number of hydrazine groups is 1. The monoisotopic (exact) mass is 370 g/mol. The van der Waals surface area contributed by atoms with Gasteiger partial charge in [-0.1, -0.05) is 45.0 Å². The molecule has 6 nitrogen and oxygen atoms in total. The van der Waals surface area contributed by atoms with Crippen molar-refractivity contribution in [3.63, 3.8) is 0 Å². The van der Waals surface area contributed by atoms with Gasteiger partial charge in [0.2, 0.25) is 0 Å². The van der Waals surface area contributed by atoms with E-state index in [1.807, 2.05) is 18.2 Å². The number of nitrogens with one attached hydrogen (secondary N) is 2. The summed E-state index contributed by atoms with van der Waals surface area (Å²) >= 11 is 0. The van der Waals surface area contributed by atoms with Crippen LogP contribution in [0.3, 0.4) is 0 Å². The van der Waals surface area contributed by atoms with Crippen LogP contribution in [-0.2, 0) is 10.2 Å². The molecule has 0 bridgehead atoms. The molecule has 0 fully saturated rings. The predicted octanol–water partition coefficient (Wildman–Crippen LogP) is 3.22. The van der Waals surface area contributed by atoms with E-state index in [0.29, 0.717) is 17.1 Å². The SMILES string of the molecule is COc1ccccc1OC(C)C(=O)NNC(=O)c1ccc(C(C)(C)C)cc1. The van der Waals surface area contributed by atoms with E-state index in [1.54, 1.807) is 37.3 Å². The van der Waals surface area contributed by atoms with Gasteiger partial charge in [-0.05, 0) is 42.2 Å². The summed E-state index contributed by atoms with van der Waals surface area (Å²) in [7, 11) is 1.53. The van der Waals surface area contributed by atoms with Crippen molar-refractivity contribution in [3.05, 3.63) is 59.7 Å². The Balaban J connectivity index is 1.91. The Bertz CT molecular complexity index is 795. The Morgan fingerprint density at radius 1 is 0.926 bits per heavy atom. The Hall–Kier alpha value is -3.02. The maximum absolute atomic E-state index is 12.2. The number of benzene rings is 2. The number of ether oxygens (including phenoxy) is 2. The Labute approximate surface area is 159 Å². The number of methoxy groups -OCH3 is 1. The zero-order valence-electron chi connectivity index (χ0n) is 16.3. The second-order valence-electron chi connectivity index (χ2n) is 7.18. The van der Waals surface area contributed by atoms with Gasteiger partial charge in [-0.25, -0.2) is 0 Å². The highest BCUT2D eigenvalue weighted by Crippen LogP contribution is 2.26. The highest BCUT2D eigenvalue weighted by molar-refractivity contribution is 5.95. The molecule has 2 amide bonds. The highest BCUT2D eigenvalue weighted by atomic mass is 16.5. The number of amides is 2. The summed E-state index contributed by atoms with van der Waals surface area (Å²) in [6, 6.07) is 14.3. The summed E-state index contributed by atoms with van der Waals surface area (Å²) in [6.07, 6.45) is -0.815. The van der Waals surface area contributed by atoms with Crippen LogP contribution in [0.1, 0.15) is 43.6 Å². The fourth-order valence-corrected chi connectivity index (χ4v) is 2.37. The van der Waals surface area contributed by atoms with Crippen LogP contribution in [-0.4, -0.2) is 25.0 Å². The highest BCUT2D eigenvalue weighted by Gasteiger charge is 2.18. The summed E-state index contributed by atoms with van der Waals surface area (Å²) in [5, 5.41) is 0. The average molecular weight is 370 g/mol. The number of para-hydroxylation sites is 2. The van der Waals surface area contributed by atoms with Crippen LogP contribution in [0.25, 0.3) is 0 Å². The fraction of sp³-hybridized carbons (Fsp3) is 0.333. The van der Waals surface area contributed by atoms with Gasteiger partial charge in [0.05, 0.1) is 7.11 Å². The number of hydrogen-bond acceptors (Lipinski definition) is 4. The molecule has 2 aromatic carbocycles. The third kappa shape index (κ3) is 5.48. The van der Waals surface area contributed by atoms with Crippen molar-refractivity contribution in [2.24, 2.45) is 0 Å². The summed E-state index contributed by atoms with van der Waals surface area (Å²) in [6.45, 7) is 7.90. The van der Waals surface area contributed by atoms with Crippen LogP contribution in [0.4, 0.5) is 0 Å². The van der Waals surface area contributed by atoms with Crippen molar-refractivity contribution in [3.8, 4) is 11.5 Å². The van der Waals surface area contributed by atoms with Gasteiger partial charge < -0.3 is 9.47 Å². The lowest BCUT2D eigenvalue weighted by Gasteiger charge is -2.19. The van der Waals surface area contributed by atoms with E-state index in [9.17, 15) is 9.59 Å². The molecule has 0 saturated carbocycles. The van der Waals surface area contributed by atoms with Crippen LogP contribution < -0.4 is 20.3 Å². The van der Waals surface area contributed by atoms with E-state index >= 15 is 0 Å². The van der Waals surface area contributed by atoms with Gasteiger partial charge in [0.25, 0.3) is 11.8 Å². The van der Waals surface area contributed by atoms with Gasteiger partial charge in [-0.15, -0.1) is 0 Å². The van der Waals surface area contributed by atoms with Crippen molar-refractivity contribution in [2.75, 3.05) is 7.11 Å². The summed E-state index contributed by atoms with van der Waals surface area (Å²) in [5.74, 6) is 0.112. The number of rotatable bonds is 5. The van der Waals surface area contributed by atoms with Gasteiger partial charge in [0.15, 0.2) is 17.6 Å². The van der Waals surface area contributed by atoms with Crippen molar-refractivity contribution in [1.82, 2.24) is 10.9 Å². The topological polar surface area (TPSA) is 76.7 Å². The fourth-order valence-electron chi connectivity index (χ4n) is 2.37. The molecule has 6 heteroatoms. The molecular weight excluding hydrogens is 344 g/mol. The van der Waals surface area contributed by atoms with Crippen molar-refractivity contribution in [2.45, 2.75) is 39.2 Å². The Morgan fingerprint density at radius 2 is 1.52 bits per heavy atom. The second kappa shape index (κ2) is 8.58. The summed E-state index contributed by atoms with van der Waals surface area (Å²) in [5.41, 5.74) is 6.38. The first-order chi connectivity index (χ1) is 12.7. The van der Waals surface area contributed by atoms with E-state index in [4.69, 9.17) is 9.47 Å². The zero-order chi connectivity index (χ0) is 20.0. The first-order valence-corrected chi connectivity index (χ1v) is 8.73. The number of carbonyl (C=O) groups is 2. The standard InChI is InChI=1S/C21H26N2O4/c1-14(27-18-9-7-6-8-17(18)26-5)19(24)22-23-20(25)15-10-12-16(13-11-15)21(2,3)4/h6-14H,1-5H3,(H,22,24)(H,23,25). The molecule has 0 saturated heterocycles. The molecule has 0 spiro atoms. The summed E-state index contributed by atoms with van der Waals surface area (Å²) in [4.78, 5) is 24.4. The van der Waals surface area contributed by atoms with Crippen LogP contribution in [0.15, 0.2) is 48.5 Å². The first-order valence-electron chi connectivity index (χ1n) is 8.73. The Kier molecular flexibility index (Phi) is 6.45. The van der Waals surface area contributed by atoms with Crippen LogP contribution >= 0.6 is 0 Å². The van der Waals surface area contributed by atoms with Crippen molar-refractivity contribution >= 4 is 11.8 Å². The lowest BCUT2D eigenvalue weighted by Crippen LogP contribution is -2.47. The number of hydrogen-bond donors (Lipinski definition) is 2. The van der Waals surface area contributed by atoms with E-state index in [2.05, 4.69) is 31.6 Å². The van der Waals surface area contributed by atoms with Gasteiger partial charge in [-0.2, -0.15) is 0 Å². The molecular formula is C21H26N2O4. The number of carbonyl (C=O) groups excluding carboxylic acids is 2. The van der Waals surface area contributed by atoms with Crippen LogP contribution in [0, 0.1) is 0 Å². The second-order valence-corrected chi connectivity index (χ2v) is 7.18. The third-order valence-electron chi connectivity index (χ3n) is 4.05. The van der Waals surface area contributed by atoms with E-state index in [-0.39, 0.29) is 5.41 Å². The largest absolute Gasteiger partial charge is 0.493 e. The zero-order valence-corrected chi connectivity index (χ0v) is 16.3. The molecule has 2 rings (SSSR count). The quantitative estimate of drug-likeness (QED) is 0.793. The van der Waals surface area contributed by atoms with Gasteiger partial charge in [-0.3, -0.25) is 20.4 Å². The molecule has 0 radical (unpaired) electrons. The normalized spacial score (nSPS) is 12.0. The first kappa shape index (κ1) is 20.3. The molecule has 0 heterocycles. The molecule has 2 N–H and O–H groups in total. The maximum atomic E-state index is 12.2. The molecule has 0 aliphatic carbocycles. The molecule has 27 heavy (non-hydrogen) atoms. The van der Waals surface area contributed by atoms with Crippen LogP contribution in [0.5, 0.6) is 11.5 Å². The van der Waals surface area contributed by atoms with Gasteiger partial charge in [0, 0.05) is 5.56 Å². The molecule has 1 atom stereocenters. The minimum atomic E-state index is -0.815. The lowest BCUT2D eigenvalue weighted by molar-refractivity contribution is -0.128. The molecule has 0 aliphatic heterocycles. The van der Waals surface area contributed by atoms with E-state index in [1.165, 1.54) is 7.11 Å². The maximum Gasteiger partial charge on any atom is 0.279 e. The Morgan fingerprint density at radius 3 is 2.07 bits per heavy atom. The molecule has 1 unspecified atom stereocenters. The summed E-state index contributed by atoms with van der Waals surface area (Å²) < 4.78 is 10.8. The molecule has 2 aromatic rings. The van der Waals surface area contributed by atoms with Gasteiger partial charge >= 0.3 is 0 Å². The molecule has 0 aliphatic rings. The average Bonchev–Trinajstić information content (AvgIpc) is 2.65. The van der Waals surface area contributed by atoms with Crippen molar-refractivity contribution < 1.29 is 19.1 Å². The van der Waals surface area contributed by atoms with Crippen LogP contribution in [0.2, 0.25) is 0 Å².